The Morgan fingerprint density at radius 3 is 2.04 bits per heavy atom. The van der Waals surface area contributed by atoms with E-state index >= 15 is 0 Å². The summed E-state index contributed by atoms with van der Waals surface area (Å²) in [6, 6.07) is 0.0435. The molecule has 0 aromatic rings. The first-order valence-corrected chi connectivity index (χ1v) is 9.01. The molecule has 23 heavy (non-hydrogen) atoms. The fraction of sp³-hybridized carbons (Fsp3) is 0.895. The predicted molar refractivity (Wildman–Crippen MR) is 99.5 cm³/mol. The van der Waals surface area contributed by atoms with Crippen LogP contribution < -0.4 is 10.6 Å². The van der Waals surface area contributed by atoms with E-state index in [0.29, 0.717) is 18.8 Å². The molecule has 0 aliphatic rings. The lowest BCUT2D eigenvalue weighted by atomic mass is 9.80. The van der Waals surface area contributed by atoms with E-state index in [4.69, 9.17) is 0 Å². The first kappa shape index (κ1) is 24.4. The molecule has 0 bridgehead atoms. The average molecular weight is 329 g/mol. The van der Waals surface area contributed by atoms with Gasteiger partial charge in [0.05, 0.1) is 0 Å². The molecule has 0 spiro atoms. The first-order chi connectivity index (χ1) is 10.6. The Labute approximate surface area is 144 Å². The van der Waals surface area contributed by atoms with Gasteiger partial charge in [-0.3, -0.25) is 9.59 Å². The van der Waals surface area contributed by atoms with Crippen molar-refractivity contribution in [3.8, 4) is 0 Å². The quantitative estimate of drug-likeness (QED) is 0.641. The summed E-state index contributed by atoms with van der Waals surface area (Å²) in [4.78, 5) is 23.4. The molecule has 2 N–H and O–H groups in total. The van der Waals surface area contributed by atoms with Crippen LogP contribution in [0.2, 0.25) is 0 Å². The minimum atomic E-state index is -0.00768. The fourth-order valence-corrected chi connectivity index (χ4v) is 2.95. The third-order valence-electron chi connectivity index (χ3n) is 3.90. The maximum atomic E-state index is 12.1. The minimum Gasteiger partial charge on any atom is -0.354 e. The summed E-state index contributed by atoms with van der Waals surface area (Å²) in [5, 5.41) is 6.20. The van der Waals surface area contributed by atoms with Crippen molar-refractivity contribution in [3.63, 3.8) is 0 Å². The van der Waals surface area contributed by atoms with Crippen LogP contribution in [0.3, 0.4) is 0 Å². The highest BCUT2D eigenvalue weighted by Crippen LogP contribution is 2.29. The van der Waals surface area contributed by atoms with Gasteiger partial charge in [0.1, 0.15) is 5.78 Å². The maximum Gasteiger partial charge on any atom is 0.220 e. The molecule has 138 valence electrons. The van der Waals surface area contributed by atoms with Gasteiger partial charge < -0.3 is 10.6 Å². The van der Waals surface area contributed by atoms with Gasteiger partial charge in [-0.05, 0) is 51.6 Å². The van der Waals surface area contributed by atoms with E-state index in [1.807, 2.05) is 34.7 Å². The highest BCUT2D eigenvalue weighted by molar-refractivity contribution is 5.78. The van der Waals surface area contributed by atoms with Gasteiger partial charge in [0.15, 0.2) is 0 Å². The Bertz CT molecular complexity index is 340. The zero-order valence-electron chi connectivity index (χ0n) is 16.9. The molecule has 0 aliphatic heterocycles. The Balaban J connectivity index is 0. The van der Waals surface area contributed by atoms with Gasteiger partial charge in [-0.2, -0.15) is 0 Å². The van der Waals surface area contributed by atoms with E-state index in [9.17, 15) is 9.59 Å². The highest BCUT2D eigenvalue weighted by Gasteiger charge is 2.25. The molecule has 0 aliphatic carbocycles. The van der Waals surface area contributed by atoms with E-state index in [2.05, 4.69) is 31.4 Å². The Hall–Kier alpha value is -0.900. The van der Waals surface area contributed by atoms with Crippen LogP contribution >= 0.6 is 0 Å². The second kappa shape index (κ2) is 12.5. The van der Waals surface area contributed by atoms with Crippen molar-refractivity contribution in [3.05, 3.63) is 0 Å². The maximum absolute atomic E-state index is 12.1. The standard InChI is InChI=1S/C17H34N2O2.C2H6/c1-12(11-18-7)9-17(5,6)10-16(21)19-14(3)8-13(2)15(4)20;1-2/h12-14,18H,8-11H2,1-7H3,(H,19,21);1-2H3. The number of carbonyl (C=O) groups is 2. The van der Waals surface area contributed by atoms with E-state index < -0.39 is 0 Å². The summed E-state index contributed by atoms with van der Waals surface area (Å²) in [6.45, 7) is 16.9. The molecular formula is C19H40N2O2. The molecule has 4 heteroatoms. The summed E-state index contributed by atoms with van der Waals surface area (Å²) in [7, 11) is 1.95. The lowest BCUT2D eigenvalue weighted by molar-refractivity contribution is -0.125. The molecule has 0 radical (unpaired) electrons. The van der Waals surface area contributed by atoms with Crippen molar-refractivity contribution in [2.24, 2.45) is 17.3 Å². The Morgan fingerprint density at radius 1 is 1.09 bits per heavy atom. The van der Waals surface area contributed by atoms with Crippen LogP contribution in [0.15, 0.2) is 0 Å². The second-order valence-corrected chi connectivity index (χ2v) is 7.42. The van der Waals surface area contributed by atoms with Gasteiger partial charge in [-0.1, -0.05) is 41.5 Å². The molecule has 3 atom stereocenters. The molecule has 0 fully saturated rings. The van der Waals surface area contributed by atoms with Gasteiger partial charge in [0.2, 0.25) is 5.91 Å². The van der Waals surface area contributed by atoms with E-state index in [1.54, 1.807) is 6.92 Å². The van der Waals surface area contributed by atoms with Gasteiger partial charge in [-0.15, -0.1) is 0 Å². The lowest BCUT2D eigenvalue weighted by Crippen LogP contribution is -2.37. The topological polar surface area (TPSA) is 58.2 Å². The number of hydrogen-bond donors (Lipinski definition) is 2. The average Bonchev–Trinajstić information content (AvgIpc) is 2.38. The number of amides is 1. The van der Waals surface area contributed by atoms with Crippen LogP contribution in [-0.2, 0) is 9.59 Å². The monoisotopic (exact) mass is 328 g/mol. The molecule has 0 aromatic carbocycles. The van der Waals surface area contributed by atoms with E-state index in [0.717, 1.165) is 13.0 Å². The number of carbonyl (C=O) groups excluding carboxylic acids is 2. The van der Waals surface area contributed by atoms with E-state index in [-0.39, 0.29) is 29.1 Å². The zero-order chi connectivity index (χ0) is 18.6. The molecular weight excluding hydrogens is 288 g/mol. The highest BCUT2D eigenvalue weighted by atomic mass is 16.1. The van der Waals surface area contributed by atoms with Crippen molar-refractivity contribution >= 4 is 11.7 Å². The van der Waals surface area contributed by atoms with Crippen molar-refractivity contribution in [1.29, 1.82) is 0 Å². The lowest BCUT2D eigenvalue weighted by Gasteiger charge is -2.28. The first-order valence-electron chi connectivity index (χ1n) is 9.01. The normalized spacial score (nSPS) is 15.0. The van der Waals surface area contributed by atoms with Crippen LogP contribution in [0.5, 0.6) is 0 Å². The summed E-state index contributed by atoms with van der Waals surface area (Å²) >= 11 is 0. The number of Topliss-reactive ketones (excluding diaryl/α,β-unsaturated/α-hetero) is 1. The third kappa shape index (κ3) is 13.3. The SMILES string of the molecule is CC.CNCC(C)CC(C)(C)CC(=O)NC(C)CC(C)C(C)=O. The molecule has 0 heterocycles. The number of ketones is 1. The summed E-state index contributed by atoms with van der Waals surface area (Å²) < 4.78 is 0. The van der Waals surface area contributed by atoms with Crippen molar-refractivity contribution < 1.29 is 9.59 Å². The summed E-state index contributed by atoms with van der Waals surface area (Å²) in [5.74, 6) is 0.814. The van der Waals surface area contributed by atoms with Crippen LogP contribution in [0.4, 0.5) is 0 Å². The van der Waals surface area contributed by atoms with Crippen LogP contribution in [-0.4, -0.2) is 31.3 Å². The molecule has 4 nitrogen and oxygen atoms in total. The Kier molecular flexibility index (Phi) is 13.3. The minimum absolute atomic E-state index is 0.00367. The van der Waals surface area contributed by atoms with Gasteiger partial charge in [0, 0.05) is 18.4 Å². The zero-order valence-corrected chi connectivity index (χ0v) is 16.9. The summed E-state index contributed by atoms with van der Waals surface area (Å²) in [5.41, 5.74) is -0.00768. The van der Waals surface area contributed by atoms with Crippen LogP contribution in [0.1, 0.15) is 74.7 Å². The number of hydrogen-bond acceptors (Lipinski definition) is 3. The van der Waals surface area contributed by atoms with Crippen LogP contribution in [0, 0.1) is 17.3 Å². The Morgan fingerprint density at radius 2 is 1.61 bits per heavy atom. The predicted octanol–water partition coefficient (Wildman–Crippen LogP) is 3.79. The van der Waals surface area contributed by atoms with Crippen molar-refractivity contribution in [1.82, 2.24) is 10.6 Å². The molecule has 0 aromatic heterocycles. The largest absolute Gasteiger partial charge is 0.354 e. The molecule has 0 saturated carbocycles. The van der Waals surface area contributed by atoms with Crippen molar-refractivity contribution in [2.45, 2.75) is 80.7 Å². The second-order valence-electron chi connectivity index (χ2n) is 7.42. The molecule has 0 rings (SSSR count). The van der Waals surface area contributed by atoms with Gasteiger partial charge >= 0.3 is 0 Å². The molecule has 1 amide bonds. The summed E-state index contributed by atoms with van der Waals surface area (Å²) in [6.07, 6.45) is 2.25. The van der Waals surface area contributed by atoms with E-state index in [1.165, 1.54) is 0 Å². The van der Waals surface area contributed by atoms with Crippen LogP contribution in [0.25, 0.3) is 0 Å². The smallest absolute Gasteiger partial charge is 0.220 e. The number of rotatable bonds is 10. The fourth-order valence-electron chi connectivity index (χ4n) is 2.95. The number of nitrogens with one attached hydrogen (secondary N) is 2. The van der Waals surface area contributed by atoms with Crippen molar-refractivity contribution in [2.75, 3.05) is 13.6 Å². The van der Waals surface area contributed by atoms with Gasteiger partial charge in [-0.25, -0.2) is 0 Å². The van der Waals surface area contributed by atoms with Gasteiger partial charge in [0.25, 0.3) is 0 Å². The molecule has 0 saturated heterocycles. The molecule has 3 unspecified atom stereocenters. The third-order valence-corrected chi connectivity index (χ3v) is 3.90.